The second-order valence-electron chi connectivity index (χ2n) is 11.4. The van der Waals surface area contributed by atoms with Crippen LogP contribution in [-0.2, 0) is 11.3 Å². The average Bonchev–Trinajstić information content (AvgIpc) is 3.06. The third-order valence-corrected chi connectivity index (χ3v) is 9.98. The van der Waals surface area contributed by atoms with Gasteiger partial charge < -0.3 is 4.74 Å². The molecule has 1 aromatic carbocycles. The van der Waals surface area contributed by atoms with Crippen LogP contribution in [0, 0.1) is 40.4 Å². The minimum absolute atomic E-state index is 0.502. The van der Waals surface area contributed by atoms with Crippen molar-refractivity contribution in [2.45, 2.75) is 78.7 Å². The lowest BCUT2D eigenvalue weighted by atomic mass is 9.47. The van der Waals surface area contributed by atoms with Crippen LogP contribution in [0.2, 0.25) is 0 Å². The monoisotopic (exact) mass is 392 g/mol. The molecule has 0 spiro atoms. The fourth-order valence-electron chi connectivity index (χ4n) is 8.12. The van der Waals surface area contributed by atoms with E-state index in [1.54, 1.807) is 0 Å². The van der Waals surface area contributed by atoms with Crippen LogP contribution >= 0.6 is 0 Å². The molecule has 7 atom stereocenters. The lowest BCUT2D eigenvalue weighted by Crippen LogP contribution is -2.50. The summed E-state index contributed by atoms with van der Waals surface area (Å²) in [7, 11) is 0. The zero-order valence-electron chi connectivity index (χ0n) is 18.8. The molecule has 0 saturated heterocycles. The standard InChI is InChI=1S/C28H40O/c1-20-13-15-27(2)22(17-20)9-11-24-25-12-10-23(28(25,3)16-14-26(24)27)19-29-18-21-7-5-4-6-8-21/h4-9,20,23-26H,10-19H2,1-3H3/t20-,23+,24-,25-,26-,27-,28+/m0/s1. The minimum Gasteiger partial charge on any atom is -0.376 e. The van der Waals surface area contributed by atoms with E-state index in [9.17, 15) is 0 Å². The van der Waals surface area contributed by atoms with Gasteiger partial charge in [0.05, 0.1) is 13.2 Å². The van der Waals surface area contributed by atoms with E-state index in [0.29, 0.717) is 10.8 Å². The van der Waals surface area contributed by atoms with Crippen molar-refractivity contribution < 1.29 is 4.74 Å². The molecule has 0 N–H and O–H groups in total. The van der Waals surface area contributed by atoms with E-state index in [1.807, 2.05) is 5.57 Å². The number of hydrogen-bond acceptors (Lipinski definition) is 1. The van der Waals surface area contributed by atoms with E-state index >= 15 is 0 Å². The van der Waals surface area contributed by atoms with Crippen molar-refractivity contribution in [3.05, 3.63) is 47.5 Å². The van der Waals surface area contributed by atoms with E-state index < -0.39 is 0 Å². The molecular formula is C28H40O. The third kappa shape index (κ3) is 3.32. The maximum Gasteiger partial charge on any atom is 0.0717 e. The van der Waals surface area contributed by atoms with Gasteiger partial charge in [0.1, 0.15) is 0 Å². The highest BCUT2D eigenvalue weighted by atomic mass is 16.5. The second-order valence-corrected chi connectivity index (χ2v) is 11.4. The summed E-state index contributed by atoms with van der Waals surface area (Å²) in [4.78, 5) is 0. The van der Waals surface area contributed by atoms with Crippen LogP contribution in [0.5, 0.6) is 0 Å². The smallest absolute Gasteiger partial charge is 0.0717 e. The summed E-state index contributed by atoms with van der Waals surface area (Å²) in [5, 5.41) is 0. The minimum atomic E-state index is 0.502. The second kappa shape index (κ2) is 7.56. The number of ether oxygens (including phenoxy) is 1. The molecule has 1 nitrogen and oxygen atoms in total. The Morgan fingerprint density at radius 1 is 0.966 bits per heavy atom. The molecule has 0 radical (unpaired) electrons. The van der Waals surface area contributed by atoms with Crippen LogP contribution in [0.3, 0.4) is 0 Å². The number of hydrogen-bond donors (Lipinski definition) is 0. The molecule has 29 heavy (non-hydrogen) atoms. The summed E-state index contributed by atoms with van der Waals surface area (Å²) < 4.78 is 6.26. The van der Waals surface area contributed by atoms with Gasteiger partial charge >= 0.3 is 0 Å². The largest absolute Gasteiger partial charge is 0.376 e. The fourth-order valence-corrected chi connectivity index (χ4v) is 8.12. The zero-order valence-corrected chi connectivity index (χ0v) is 18.8. The molecule has 4 aliphatic carbocycles. The zero-order chi connectivity index (χ0) is 20.1. The molecule has 5 rings (SSSR count). The maximum absolute atomic E-state index is 6.26. The van der Waals surface area contributed by atoms with Crippen molar-refractivity contribution in [2.24, 2.45) is 40.4 Å². The van der Waals surface area contributed by atoms with Gasteiger partial charge in [0, 0.05) is 0 Å². The lowest BCUT2D eigenvalue weighted by Gasteiger charge is -2.58. The quantitative estimate of drug-likeness (QED) is 0.484. The Morgan fingerprint density at radius 2 is 1.79 bits per heavy atom. The summed E-state index contributed by atoms with van der Waals surface area (Å²) in [6.45, 7) is 9.45. The first-order chi connectivity index (χ1) is 14.0. The Labute approximate surface area is 178 Å². The average molecular weight is 393 g/mol. The van der Waals surface area contributed by atoms with Gasteiger partial charge in [-0.25, -0.2) is 0 Å². The van der Waals surface area contributed by atoms with Gasteiger partial charge in [-0.05, 0) is 97.3 Å². The van der Waals surface area contributed by atoms with E-state index in [2.05, 4.69) is 57.2 Å². The van der Waals surface area contributed by atoms with Crippen LogP contribution in [-0.4, -0.2) is 6.61 Å². The molecule has 1 aromatic rings. The summed E-state index contributed by atoms with van der Waals surface area (Å²) in [5.41, 5.74) is 4.15. The maximum atomic E-state index is 6.26. The molecule has 0 bridgehead atoms. The molecule has 3 fully saturated rings. The molecule has 0 aliphatic heterocycles. The van der Waals surface area contributed by atoms with Crippen molar-refractivity contribution in [3.63, 3.8) is 0 Å². The summed E-state index contributed by atoms with van der Waals surface area (Å²) in [5.74, 6) is 4.44. The fraction of sp³-hybridized carbons (Fsp3) is 0.714. The highest BCUT2D eigenvalue weighted by molar-refractivity contribution is 5.25. The predicted octanol–water partition coefficient (Wildman–Crippen LogP) is 7.42. The van der Waals surface area contributed by atoms with Crippen LogP contribution in [0.15, 0.2) is 42.0 Å². The van der Waals surface area contributed by atoms with Gasteiger partial charge in [0.25, 0.3) is 0 Å². The van der Waals surface area contributed by atoms with Crippen LogP contribution in [0.1, 0.15) is 77.7 Å². The molecule has 0 heterocycles. The molecule has 3 saturated carbocycles. The Kier molecular flexibility index (Phi) is 5.18. The summed E-state index contributed by atoms with van der Waals surface area (Å²) in [6, 6.07) is 10.7. The molecular weight excluding hydrogens is 352 g/mol. The topological polar surface area (TPSA) is 9.23 Å². The van der Waals surface area contributed by atoms with Gasteiger partial charge in [0.2, 0.25) is 0 Å². The molecule has 158 valence electrons. The van der Waals surface area contributed by atoms with E-state index in [1.165, 1.54) is 56.9 Å². The molecule has 0 aromatic heterocycles. The van der Waals surface area contributed by atoms with Gasteiger partial charge in [-0.3, -0.25) is 0 Å². The highest BCUT2D eigenvalue weighted by Crippen LogP contribution is 2.66. The summed E-state index contributed by atoms with van der Waals surface area (Å²) >= 11 is 0. The normalized spacial score (nSPS) is 43.8. The first-order valence-corrected chi connectivity index (χ1v) is 12.3. The molecule has 4 aliphatic rings. The number of fused-ring (bicyclic) bond motifs is 5. The highest BCUT2D eigenvalue weighted by Gasteiger charge is 2.58. The van der Waals surface area contributed by atoms with Gasteiger partial charge in [-0.2, -0.15) is 0 Å². The van der Waals surface area contributed by atoms with E-state index in [4.69, 9.17) is 4.74 Å². The lowest BCUT2D eigenvalue weighted by molar-refractivity contribution is -0.0594. The number of allylic oxidation sites excluding steroid dienone is 2. The van der Waals surface area contributed by atoms with E-state index in [0.717, 1.165) is 42.8 Å². The van der Waals surface area contributed by atoms with Crippen molar-refractivity contribution in [1.82, 2.24) is 0 Å². The first-order valence-electron chi connectivity index (χ1n) is 12.3. The van der Waals surface area contributed by atoms with Gasteiger partial charge in [0.15, 0.2) is 0 Å². The molecule has 1 heteroatoms. The van der Waals surface area contributed by atoms with Crippen molar-refractivity contribution in [2.75, 3.05) is 6.61 Å². The van der Waals surface area contributed by atoms with Crippen LogP contribution in [0.4, 0.5) is 0 Å². The predicted molar refractivity (Wildman–Crippen MR) is 120 cm³/mol. The summed E-state index contributed by atoms with van der Waals surface area (Å²) in [6.07, 6.45) is 14.0. The first kappa shape index (κ1) is 19.9. The van der Waals surface area contributed by atoms with Crippen LogP contribution < -0.4 is 0 Å². The van der Waals surface area contributed by atoms with Crippen molar-refractivity contribution >= 4 is 0 Å². The Balaban J connectivity index is 1.28. The Bertz CT molecular complexity index is 751. The van der Waals surface area contributed by atoms with E-state index in [-0.39, 0.29) is 0 Å². The third-order valence-electron chi connectivity index (χ3n) is 9.98. The molecule has 0 unspecified atom stereocenters. The number of benzene rings is 1. The van der Waals surface area contributed by atoms with Crippen molar-refractivity contribution in [1.29, 1.82) is 0 Å². The number of rotatable bonds is 4. The van der Waals surface area contributed by atoms with Gasteiger partial charge in [-0.1, -0.05) is 62.8 Å². The Hall–Kier alpha value is -1.08. The SMILES string of the molecule is C[C@H]1CC[C@@]2(C)C(=CC[C@H]3[C@@H]4CC[C@H](COCc5ccccc5)[C@@]4(C)CC[C@@H]32)C1. The Morgan fingerprint density at radius 3 is 2.62 bits per heavy atom. The van der Waals surface area contributed by atoms with Crippen LogP contribution in [0.25, 0.3) is 0 Å². The van der Waals surface area contributed by atoms with Gasteiger partial charge in [-0.15, -0.1) is 0 Å². The molecule has 0 amide bonds. The van der Waals surface area contributed by atoms with Crippen molar-refractivity contribution in [3.8, 4) is 0 Å².